The van der Waals surface area contributed by atoms with Gasteiger partial charge in [0.25, 0.3) is 15.0 Å². The number of halogens is 2. The van der Waals surface area contributed by atoms with Crippen molar-refractivity contribution in [3.05, 3.63) is 29.6 Å². The third-order valence-electron chi connectivity index (χ3n) is 3.71. The van der Waals surface area contributed by atoms with Crippen LogP contribution in [0.5, 0.6) is 0 Å². The Kier molecular flexibility index (Phi) is 4.88. The smallest absolute Gasteiger partial charge is 0.261 e. The minimum absolute atomic E-state index is 0.0166. The van der Waals surface area contributed by atoms with Crippen molar-refractivity contribution >= 4 is 25.6 Å². The summed E-state index contributed by atoms with van der Waals surface area (Å²) in [6, 6.07) is 3.04. The molecule has 1 amide bonds. The maximum Gasteiger partial charge on any atom is 0.261 e. The molecule has 0 aromatic heterocycles. The number of amides is 1. The van der Waals surface area contributed by atoms with Gasteiger partial charge in [0.15, 0.2) is 0 Å². The van der Waals surface area contributed by atoms with Gasteiger partial charge in [-0.15, -0.1) is 0 Å². The summed E-state index contributed by atoms with van der Waals surface area (Å²) in [4.78, 5) is 13.8. The average molecular weight is 334 g/mol. The van der Waals surface area contributed by atoms with Crippen molar-refractivity contribution < 1.29 is 17.6 Å². The van der Waals surface area contributed by atoms with Gasteiger partial charge in [0.1, 0.15) is 5.82 Å². The lowest BCUT2D eigenvalue weighted by molar-refractivity contribution is 0.0697. The standard InChI is InChI=1S/C14H17ClFNO3S/c1-10-5-3-2-4-6-17(10)14(18)11-7-12(16)9-13(8-11)21(15,19)20/h7-10H,2-6H2,1H3. The number of likely N-dealkylation sites (tertiary alicyclic amines) is 1. The molecule has 1 aromatic carbocycles. The molecule has 1 aliphatic heterocycles. The third kappa shape index (κ3) is 3.95. The summed E-state index contributed by atoms with van der Waals surface area (Å²) >= 11 is 0. The molecule has 21 heavy (non-hydrogen) atoms. The van der Waals surface area contributed by atoms with E-state index < -0.39 is 19.8 Å². The molecule has 1 unspecified atom stereocenters. The number of rotatable bonds is 2. The summed E-state index contributed by atoms with van der Waals surface area (Å²) in [5.74, 6) is -1.15. The summed E-state index contributed by atoms with van der Waals surface area (Å²) in [6.45, 7) is 2.54. The van der Waals surface area contributed by atoms with Gasteiger partial charge in [-0.2, -0.15) is 0 Å². The van der Waals surface area contributed by atoms with E-state index in [2.05, 4.69) is 0 Å². The zero-order chi connectivity index (χ0) is 15.6. The van der Waals surface area contributed by atoms with Crippen molar-refractivity contribution in [3.63, 3.8) is 0 Å². The number of hydrogen-bond donors (Lipinski definition) is 0. The van der Waals surface area contributed by atoms with Gasteiger partial charge in [-0.05, 0) is 38.0 Å². The Hall–Kier alpha value is -1.14. The maximum absolute atomic E-state index is 13.6. The topological polar surface area (TPSA) is 54.5 Å². The first-order valence-corrected chi connectivity index (χ1v) is 9.16. The molecule has 1 saturated heterocycles. The number of carbonyl (C=O) groups excluding carboxylic acids is 1. The molecule has 1 heterocycles. The van der Waals surface area contributed by atoms with Gasteiger partial charge in [-0.1, -0.05) is 12.8 Å². The highest BCUT2D eigenvalue weighted by atomic mass is 35.7. The first kappa shape index (κ1) is 16.2. The first-order chi connectivity index (χ1) is 9.79. The molecule has 0 aliphatic carbocycles. The van der Waals surface area contributed by atoms with Gasteiger partial charge in [-0.3, -0.25) is 4.79 Å². The van der Waals surface area contributed by atoms with Crippen molar-refractivity contribution in [2.75, 3.05) is 6.54 Å². The molecule has 1 atom stereocenters. The van der Waals surface area contributed by atoms with Crippen LogP contribution in [0.25, 0.3) is 0 Å². The van der Waals surface area contributed by atoms with E-state index in [9.17, 15) is 17.6 Å². The lowest BCUT2D eigenvalue weighted by Gasteiger charge is -2.27. The fraction of sp³-hybridized carbons (Fsp3) is 0.500. The molecule has 0 bridgehead atoms. The Morgan fingerprint density at radius 1 is 1.29 bits per heavy atom. The van der Waals surface area contributed by atoms with Gasteiger partial charge < -0.3 is 4.90 Å². The number of nitrogens with zero attached hydrogens (tertiary/aromatic N) is 1. The molecular weight excluding hydrogens is 317 g/mol. The van der Waals surface area contributed by atoms with Crippen molar-refractivity contribution in [2.24, 2.45) is 0 Å². The summed E-state index contributed by atoms with van der Waals surface area (Å²) in [6.07, 6.45) is 3.89. The quantitative estimate of drug-likeness (QED) is 0.781. The minimum atomic E-state index is -4.07. The second-order valence-electron chi connectivity index (χ2n) is 5.31. The molecule has 2 rings (SSSR count). The third-order valence-corrected chi connectivity index (χ3v) is 5.05. The van der Waals surface area contributed by atoms with Gasteiger partial charge in [0.05, 0.1) is 4.90 Å². The lowest BCUT2D eigenvalue weighted by Crippen LogP contribution is -2.38. The van der Waals surface area contributed by atoms with Crippen LogP contribution in [0.3, 0.4) is 0 Å². The number of carbonyl (C=O) groups is 1. The zero-order valence-corrected chi connectivity index (χ0v) is 13.3. The predicted molar refractivity (Wildman–Crippen MR) is 78.4 cm³/mol. The van der Waals surface area contributed by atoms with Gasteiger partial charge in [-0.25, -0.2) is 12.8 Å². The molecule has 0 N–H and O–H groups in total. The summed E-state index contributed by atoms with van der Waals surface area (Å²) in [5.41, 5.74) is 0.0166. The largest absolute Gasteiger partial charge is 0.336 e. The van der Waals surface area contributed by atoms with Crippen LogP contribution >= 0.6 is 10.7 Å². The van der Waals surface area contributed by atoms with E-state index in [-0.39, 0.29) is 17.5 Å². The molecular formula is C14H17ClFNO3S. The van der Waals surface area contributed by atoms with Crippen LogP contribution in [0.1, 0.15) is 43.0 Å². The minimum Gasteiger partial charge on any atom is -0.336 e. The molecule has 116 valence electrons. The molecule has 0 saturated carbocycles. The highest BCUT2D eigenvalue weighted by molar-refractivity contribution is 8.13. The fourth-order valence-corrected chi connectivity index (χ4v) is 3.36. The maximum atomic E-state index is 13.6. The normalized spacial score (nSPS) is 20.1. The molecule has 0 spiro atoms. The van der Waals surface area contributed by atoms with Crippen LogP contribution in [0.4, 0.5) is 4.39 Å². The Labute approximate surface area is 128 Å². The first-order valence-electron chi connectivity index (χ1n) is 6.85. The monoisotopic (exact) mass is 333 g/mol. The SMILES string of the molecule is CC1CCCCCN1C(=O)c1cc(F)cc(S(=O)(=O)Cl)c1. The Morgan fingerprint density at radius 3 is 2.67 bits per heavy atom. The summed E-state index contributed by atoms with van der Waals surface area (Å²) in [7, 11) is 1.16. The van der Waals surface area contributed by atoms with Crippen molar-refractivity contribution in [1.29, 1.82) is 0 Å². The van der Waals surface area contributed by atoms with Crippen LogP contribution < -0.4 is 0 Å². The molecule has 1 aromatic rings. The van der Waals surface area contributed by atoms with Crippen molar-refractivity contribution in [2.45, 2.75) is 43.5 Å². The molecule has 1 fully saturated rings. The van der Waals surface area contributed by atoms with E-state index in [1.54, 1.807) is 4.90 Å². The fourth-order valence-electron chi connectivity index (χ4n) is 2.57. The molecule has 7 heteroatoms. The van der Waals surface area contributed by atoms with E-state index in [1.807, 2.05) is 6.92 Å². The number of benzene rings is 1. The second kappa shape index (κ2) is 6.32. The number of hydrogen-bond acceptors (Lipinski definition) is 3. The zero-order valence-electron chi connectivity index (χ0n) is 11.7. The highest BCUT2D eigenvalue weighted by Gasteiger charge is 2.25. The van der Waals surface area contributed by atoms with Crippen LogP contribution in [0.15, 0.2) is 23.1 Å². The average Bonchev–Trinajstić information content (AvgIpc) is 2.61. The van der Waals surface area contributed by atoms with Crippen molar-refractivity contribution in [3.8, 4) is 0 Å². The van der Waals surface area contributed by atoms with E-state index in [0.717, 1.165) is 43.9 Å². The van der Waals surface area contributed by atoms with E-state index >= 15 is 0 Å². The van der Waals surface area contributed by atoms with E-state index in [4.69, 9.17) is 10.7 Å². The lowest BCUT2D eigenvalue weighted by atomic mass is 10.1. The van der Waals surface area contributed by atoms with Crippen LogP contribution in [0.2, 0.25) is 0 Å². The Bertz CT molecular complexity index is 648. The molecule has 1 aliphatic rings. The Balaban J connectivity index is 2.36. The summed E-state index contributed by atoms with van der Waals surface area (Å²) in [5, 5.41) is 0. The van der Waals surface area contributed by atoms with E-state index in [0.29, 0.717) is 6.54 Å². The molecule has 0 radical (unpaired) electrons. The Morgan fingerprint density at radius 2 is 2.00 bits per heavy atom. The predicted octanol–water partition coefficient (Wildman–Crippen LogP) is 3.16. The van der Waals surface area contributed by atoms with Crippen LogP contribution in [-0.2, 0) is 9.05 Å². The summed E-state index contributed by atoms with van der Waals surface area (Å²) < 4.78 is 36.2. The van der Waals surface area contributed by atoms with Crippen LogP contribution in [0, 0.1) is 5.82 Å². The van der Waals surface area contributed by atoms with Gasteiger partial charge in [0, 0.05) is 28.8 Å². The van der Waals surface area contributed by atoms with Gasteiger partial charge >= 0.3 is 0 Å². The highest BCUT2D eigenvalue weighted by Crippen LogP contribution is 2.22. The van der Waals surface area contributed by atoms with Crippen LogP contribution in [-0.4, -0.2) is 31.8 Å². The molecule has 4 nitrogen and oxygen atoms in total. The van der Waals surface area contributed by atoms with Crippen molar-refractivity contribution in [1.82, 2.24) is 4.90 Å². The second-order valence-corrected chi connectivity index (χ2v) is 7.88. The van der Waals surface area contributed by atoms with Gasteiger partial charge in [0.2, 0.25) is 0 Å². The van der Waals surface area contributed by atoms with E-state index in [1.165, 1.54) is 0 Å².